The van der Waals surface area contributed by atoms with Gasteiger partial charge in [-0.05, 0) is 66.3 Å². The number of nitrogens with zero attached hydrogens (tertiary/aromatic N) is 2. The molecule has 7 heteroatoms. The van der Waals surface area contributed by atoms with Crippen LogP contribution in [0.15, 0.2) is 65.4 Å². The van der Waals surface area contributed by atoms with E-state index in [1.54, 1.807) is 35.2 Å². The highest BCUT2D eigenvalue weighted by Crippen LogP contribution is 2.34. The molecule has 32 heavy (non-hydrogen) atoms. The van der Waals surface area contributed by atoms with Crippen molar-refractivity contribution in [2.75, 3.05) is 11.6 Å². The molecule has 0 atom stereocenters. The normalized spacial score (nSPS) is 10.9. The van der Waals surface area contributed by atoms with E-state index in [9.17, 15) is 9.90 Å². The van der Waals surface area contributed by atoms with E-state index in [0.29, 0.717) is 12.2 Å². The lowest BCUT2D eigenvalue weighted by Crippen LogP contribution is -2.07. The zero-order valence-corrected chi connectivity index (χ0v) is 19.5. The summed E-state index contributed by atoms with van der Waals surface area (Å²) in [4.78, 5) is 22.0. The molecule has 2 heterocycles. The lowest BCUT2D eigenvalue weighted by molar-refractivity contribution is 0.0697. The lowest BCUT2D eigenvalue weighted by atomic mass is 10.1. The Bertz CT molecular complexity index is 1310. The Labute approximate surface area is 195 Å². The maximum atomic E-state index is 11.2. The Hall–Kier alpha value is -3.16. The molecule has 0 saturated carbocycles. The van der Waals surface area contributed by atoms with E-state index < -0.39 is 5.97 Å². The first-order valence-electron chi connectivity index (χ1n) is 10.2. The van der Waals surface area contributed by atoms with E-state index in [2.05, 4.69) is 37.2 Å². The van der Waals surface area contributed by atoms with Crippen LogP contribution in [0.2, 0.25) is 0 Å². The van der Waals surface area contributed by atoms with Gasteiger partial charge in [-0.15, -0.1) is 29.7 Å². The molecule has 0 amide bonds. The molecule has 0 radical (unpaired) electrons. The summed E-state index contributed by atoms with van der Waals surface area (Å²) >= 11 is 3.40. The number of rotatable bonds is 8. The van der Waals surface area contributed by atoms with Crippen LogP contribution in [0, 0.1) is 0 Å². The number of benzene rings is 2. The van der Waals surface area contributed by atoms with Crippen LogP contribution in [0.1, 0.15) is 28.5 Å². The van der Waals surface area contributed by atoms with Gasteiger partial charge >= 0.3 is 5.97 Å². The number of aromatic carboxylic acids is 1. The van der Waals surface area contributed by atoms with E-state index in [-0.39, 0.29) is 5.56 Å². The lowest BCUT2D eigenvalue weighted by Gasteiger charge is -2.15. The Morgan fingerprint density at radius 3 is 2.62 bits per heavy atom. The zero-order valence-electron chi connectivity index (χ0n) is 17.9. The molecule has 5 nitrogen and oxygen atoms in total. The monoisotopic (exact) mass is 461 g/mol. The zero-order chi connectivity index (χ0) is 22.7. The molecule has 2 N–H and O–H groups in total. The van der Waals surface area contributed by atoms with Crippen LogP contribution in [0.3, 0.4) is 0 Å². The number of thiophene rings is 1. The maximum Gasteiger partial charge on any atom is 0.335 e. The minimum Gasteiger partial charge on any atom is -0.478 e. The molecule has 4 aromatic rings. The SMILES string of the molecule is C=CCc1c(CC)nc(-c2ccc(SC)s2)nc1Nc1ccc2cc(C(=O)O)ccc2c1. The first kappa shape index (κ1) is 22.0. The number of allylic oxidation sites excluding steroid dienone is 1. The average Bonchev–Trinajstić information content (AvgIpc) is 3.29. The van der Waals surface area contributed by atoms with Crippen LogP contribution < -0.4 is 5.32 Å². The number of anilines is 2. The summed E-state index contributed by atoms with van der Waals surface area (Å²) < 4.78 is 1.22. The fourth-order valence-electron chi connectivity index (χ4n) is 3.54. The maximum absolute atomic E-state index is 11.2. The van der Waals surface area contributed by atoms with Gasteiger partial charge in [0.1, 0.15) is 5.82 Å². The molecule has 0 aliphatic rings. The van der Waals surface area contributed by atoms with Gasteiger partial charge in [-0.1, -0.05) is 25.1 Å². The second-order valence-electron chi connectivity index (χ2n) is 7.20. The van der Waals surface area contributed by atoms with Crippen molar-refractivity contribution in [3.8, 4) is 10.7 Å². The average molecular weight is 462 g/mol. The quantitative estimate of drug-likeness (QED) is 0.222. The number of carbonyl (C=O) groups is 1. The van der Waals surface area contributed by atoms with Crippen LogP contribution >= 0.6 is 23.1 Å². The predicted molar refractivity (Wildman–Crippen MR) is 135 cm³/mol. The molecule has 0 aliphatic heterocycles. The second-order valence-corrected chi connectivity index (χ2v) is 9.39. The molecule has 0 fully saturated rings. The van der Waals surface area contributed by atoms with Gasteiger partial charge in [0.2, 0.25) is 0 Å². The number of carboxylic acids is 1. The number of aromatic nitrogens is 2. The van der Waals surface area contributed by atoms with Crippen molar-refractivity contribution in [2.24, 2.45) is 0 Å². The Morgan fingerprint density at radius 1 is 1.16 bits per heavy atom. The molecule has 0 bridgehead atoms. The van der Waals surface area contributed by atoms with E-state index in [4.69, 9.17) is 9.97 Å². The number of aryl methyl sites for hydroxylation is 1. The van der Waals surface area contributed by atoms with Crippen LogP contribution in [-0.2, 0) is 12.8 Å². The molecule has 162 valence electrons. The van der Waals surface area contributed by atoms with Gasteiger partial charge in [0.15, 0.2) is 5.82 Å². The number of thioether (sulfide) groups is 1. The molecule has 2 aromatic carbocycles. The highest BCUT2D eigenvalue weighted by Gasteiger charge is 2.16. The summed E-state index contributed by atoms with van der Waals surface area (Å²) in [5.74, 6) is 0.559. The Kier molecular flexibility index (Phi) is 6.58. The van der Waals surface area contributed by atoms with Gasteiger partial charge in [-0.3, -0.25) is 0 Å². The fourth-order valence-corrected chi connectivity index (χ4v) is 5.02. The van der Waals surface area contributed by atoms with Gasteiger partial charge in [-0.25, -0.2) is 14.8 Å². The largest absolute Gasteiger partial charge is 0.478 e. The summed E-state index contributed by atoms with van der Waals surface area (Å²) in [5.41, 5.74) is 3.20. The van der Waals surface area contributed by atoms with Gasteiger partial charge in [0.05, 0.1) is 14.6 Å². The van der Waals surface area contributed by atoms with E-state index in [0.717, 1.165) is 44.8 Å². The molecule has 0 spiro atoms. The van der Waals surface area contributed by atoms with Gasteiger partial charge in [0.25, 0.3) is 0 Å². The van der Waals surface area contributed by atoms with Crippen molar-refractivity contribution < 1.29 is 9.90 Å². The second kappa shape index (κ2) is 9.54. The highest BCUT2D eigenvalue weighted by molar-refractivity contribution is 8.00. The number of fused-ring (bicyclic) bond motifs is 1. The molecular weight excluding hydrogens is 438 g/mol. The first-order chi connectivity index (χ1) is 15.5. The summed E-state index contributed by atoms with van der Waals surface area (Å²) in [6, 6.07) is 15.2. The highest BCUT2D eigenvalue weighted by atomic mass is 32.2. The minimum atomic E-state index is -0.929. The molecule has 0 saturated heterocycles. The molecular formula is C25H23N3O2S2. The van der Waals surface area contributed by atoms with Crippen molar-refractivity contribution in [2.45, 2.75) is 24.0 Å². The van der Waals surface area contributed by atoms with E-state index >= 15 is 0 Å². The number of nitrogens with one attached hydrogen (secondary N) is 1. The molecule has 0 unspecified atom stereocenters. The standard InChI is InChI=1S/C25H23N3O2S2/c1-4-6-19-20(5-2)27-24(21-11-12-22(31-3)32-21)28-23(19)26-18-10-9-15-13-17(25(29)30)8-7-16(15)14-18/h4,7-14H,1,5-6H2,2-3H3,(H,29,30)(H,26,27,28). The van der Waals surface area contributed by atoms with Crippen molar-refractivity contribution in [3.63, 3.8) is 0 Å². The third kappa shape index (κ3) is 4.54. The third-order valence-corrected chi connectivity index (χ3v) is 7.29. The van der Waals surface area contributed by atoms with Crippen LogP contribution in [0.5, 0.6) is 0 Å². The van der Waals surface area contributed by atoms with E-state index in [1.807, 2.05) is 30.3 Å². The predicted octanol–water partition coefficient (Wildman–Crippen LogP) is 6.81. The fraction of sp³-hybridized carbons (Fsp3) is 0.160. The van der Waals surface area contributed by atoms with Crippen LogP contribution in [-0.4, -0.2) is 27.3 Å². The smallest absolute Gasteiger partial charge is 0.335 e. The number of carboxylic acid groups (broad SMARTS) is 1. The molecule has 2 aromatic heterocycles. The number of hydrogen-bond donors (Lipinski definition) is 2. The molecule has 4 rings (SSSR count). The van der Waals surface area contributed by atoms with Gasteiger partial charge < -0.3 is 10.4 Å². The van der Waals surface area contributed by atoms with Crippen LogP contribution in [0.4, 0.5) is 11.5 Å². The van der Waals surface area contributed by atoms with Gasteiger partial charge in [-0.2, -0.15) is 0 Å². The van der Waals surface area contributed by atoms with Crippen molar-refractivity contribution >= 4 is 51.3 Å². The van der Waals surface area contributed by atoms with Gasteiger partial charge in [0, 0.05) is 16.9 Å². The number of hydrogen-bond acceptors (Lipinski definition) is 6. The summed E-state index contributed by atoms with van der Waals surface area (Å²) in [7, 11) is 0. The summed E-state index contributed by atoms with van der Waals surface area (Å²) in [6.07, 6.45) is 5.40. The van der Waals surface area contributed by atoms with E-state index in [1.165, 1.54) is 4.21 Å². The molecule has 0 aliphatic carbocycles. The summed E-state index contributed by atoms with van der Waals surface area (Å²) in [6.45, 7) is 6.00. The Balaban J connectivity index is 1.76. The van der Waals surface area contributed by atoms with Crippen molar-refractivity contribution in [1.82, 2.24) is 9.97 Å². The topological polar surface area (TPSA) is 75.1 Å². The Morgan fingerprint density at radius 2 is 1.94 bits per heavy atom. The summed E-state index contributed by atoms with van der Waals surface area (Å²) in [5, 5.41) is 14.5. The van der Waals surface area contributed by atoms with Crippen LogP contribution in [0.25, 0.3) is 21.5 Å². The van der Waals surface area contributed by atoms with Crippen molar-refractivity contribution in [3.05, 3.63) is 78.0 Å². The third-order valence-electron chi connectivity index (χ3n) is 5.13. The minimum absolute atomic E-state index is 0.278. The first-order valence-corrected chi connectivity index (χ1v) is 12.3. The van der Waals surface area contributed by atoms with Crippen molar-refractivity contribution in [1.29, 1.82) is 0 Å².